The summed E-state index contributed by atoms with van der Waals surface area (Å²) in [4.78, 5) is 13.8. The minimum atomic E-state index is -0.605. The highest BCUT2D eigenvalue weighted by molar-refractivity contribution is 5.70. The van der Waals surface area contributed by atoms with Gasteiger partial charge < -0.3 is 14.2 Å². The number of amides is 1. The minimum absolute atomic E-state index is 0.0612. The Kier molecular flexibility index (Phi) is 5.26. The largest absolute Gasteiger partial charge is 0.493 e. The molecule has 0 spiro atoms. The van der Waals surface area contributed by atoms with Gasteiger partial charge in [-0.25, -0.2) is 9.18 Å². The molecule has 0 bridgehead atoms. The van der Waals surface area contributed by atoms with Crippen molar-refractivity contribution in [2.75, 3.05) is 7.11 Å². The number of hydrogen-bond acceptors (Lipinski definition) is 4. The van der Waals surface area contributed by atoms with E-state index in [0.29, 0.717) is 16.9 Å². The first-order valence-corrected chi connectivity index (χ1v) is 8.81. The molecule has 0 unspecified atom stereocenters. The summed E-state index contributed by atoms with van der Waals surface area (Å²) in [6, 6.07) is 11.2. The fourth-order valence-electron chi connectivity index (χ4n) is 2.93. The molecule has 6 heteroatoms. The normalized spacial score (nSPS) is 13.3. The Morgan fingerprint density at radius 1 is 1.19 bits per heavy atom. The third-order valence-electron chi connectivity index (χ3n) is 4.19. The van der Waals surface area contributed by atoms with Crippen LogP contribution in [0, 0.1) is 5.82 Å². The summed E-state index contributed by atoms with van der Waals surface area (Å²) in [6.07, 6.45) is -0.469. The average molecular weight is 373 g/mol. The van der Waals surface area contributed by atoms with E-state index in [2.05, 4.69) is 0 Å². The van der Waals surface area contributed by atoms with Gasteiger partial charge in [-0.2, -0.15) is 0 Å². The number of ether oxygens (including phenoxy) is 3. The summed E-state index contributed by atoms with van der Waals surface area (Å²) in [7, 11) is 1.47. The predicted octanol–water partition coefficient (Wildman–Crippen LogP) is 4.66. The van der Waals surface area contributed by atoms with Crippen LogP contribution in [-0.4, -0.2) is 23.7 Å². The van der Waals surface area contributed by atoms with E-state index in [1.165, 1.54) is 12.0 Å². The number of halogens is 1. The zero-order valence-electron chi connectivity index (χ0n) is 16.0. The minimum Gasteiger partial charge on any atom is -0.493 e. The maximum Gasteiger partial charge on any atom is 0.410 e. The van der Waals surface area contributed by atoms with Crippen LogP contribution in [0.2, 0.25) is 0 Å². The Labute approximate surface area is 158 Å². The number of fused-ring (bicyclic) bond motifs is 1. The van der Waals surface area contributed by atoms with Crippen LogP contribution in [0.25, 0.3) is 0 Å². The van der Waals surface area contributed by atoms with Gasteiger partial charge >= 0.3 is 6.09 Å². The summed E-state index contributed by atoms with van der Waals surface area (Å²) < 4.78 is 31.5. The molecule has 1 aliphatic rings. The van der Waals surface area contributed by atoms with Crippen LogP contribution in [-0.2, 0) is 24.4 Å². The van der Waals surface area contributed by atoms with E-state index in [-0.39, 0.29) is 25.4 Å². The number of carbonyl (C=O) groups excluding carboxylic acids is 1. The lowest BCUT2D eigenvalue weighted by molar-refractivity contribution is 0.0241. The van der Waals surface area contributed by atoms with Gasteiger partial charge in [-0.3, -0.25) is 4.90 Å². The van der Waals surface area contributed by atoms with E-state index in [1.807, 2.05) is 30.3 Å². The standard InChI is InChI=1S/C21H24FNO4/c1-21(2,3)27-20(24)23-11-15-10-17(25-4)19(18(22)16(15)12-23)26-13-14-8-6-5-7-9-14/h5-10H,11-13H2,1-4H3. The van der Waals surface area contributed by atoms with E-state index in [0.717, 1.165) is 5.56 Å². The molecular weight excluding hydrogens is 349 g/mol. The van der Waals surface area contributed by atoms with Gasteiger partial charge in [0.25, 0.3) is 0 Å². The fourth-order valence-corrected chi connectivity index (χ4v) is 2.93. The quantitative estimate of drug-likeness (QED) is 0.782. The van der Waals surface area contributed by atoms with Crippen LogP contribution in [0.4, 0.5) is 9.18 Å². The Hall–Kier alpha value is -2.76. The Morgan fingerprint density at radius 2 is 1.89 bits per heavy atom. The molecule has 5 nitrogen and oxygen atoms in total. The lowest BCUT2D eigenvalue weighted by Crippen LogP contribution is -2.33. The molecule has 0 fully saturated rings. The molecule has 1 heterocycles. The van der Waals surface area contributed by atoms with Gasteiger partial charge in [0, 0.05) is 12.1 Å². The lowest BCUT2D eigenvalue weighted by Gasteiger charge is -2.24. The van der Waals surface area contributed by atoms with Crippen molar-refractivity contribution >= 4 is 6.09 Å². The molecule has 2 aromatic rings. The van der Waals surface area contributed by atoms with Crippen molar-refractivity contribution in [1.82, 2.24) is 4.90 Å². The van der Waals surface area contributed by atoms with Gasteiger partial charge in [0.2, 0.25) is 0 Å². The van der Waals surface area contributed by atoms with Gasteiger partial charge in [0.05, 0.1) is 13.7 Å². The maximum atomic E-state index is 15.1. The van der Waals surface area contributed by atoms with Crippen molar-refractivity contribution in [2.24, 2.45) is 0 Å². The third kappa shape index (κ3) is 4.32. The Balaban J connectivity index is 1.81. The Morgan fingerprint density at radius 3 is 2.52 bits per heavy atom. The first kappa shape index (κ1) is 19.0. The molecule has 27 heavy (non-hydrogen) atoms. The van der Waals surface area contributed by atoms with Crippen molar-refractivity contribution in [3.05, 3.63) is 58.9 Å². The van der Waals surface area contributed by atoms with E-state index < -0.39 is 17.5 Å². The molecule has 1 amide bonds. The van der Waals surface area contributed by atoms with Crippen LogP contribution in [0.5, 0.6) is 11.5 Å². The van der Waals surface area contributed by atoms with Gasteiger partial charge in [-0.1, -0.05) is 30.3 Å². The summed E-state index contributed by atoms with van der Waals surface area (Å²) in [5, 5.41) is 0. The van der Waals surface area contributed by atoms with Crippen LogP contribution in [0.1, 0.15) is 37.5 Å². The molecule has 3 rings (SSSR count). The molecule has 0 aromatic heterocycles. The van der Waals surface area contributed by atoms with E-state index in [9.17, 15) is 4.79 Å². The number of hydrogen-bond donors (Lipinski definition) is 0. The molecule has 1 aliphatic heterocycles. The number of benzene rings is 2. The molecule has 0 saturated carbocycles. The zero-order chi connectivity index (χ0) is 19.6. The highest BCUT2D eigenvalue weighted by atomic mass is 19.1. The maximum absolute atomic E-state index is 15.1. The van der Waals surface area contributed by atoms with Crippen LogP contribution < -0.4 is 9.47 Å². The summed E-state index contributed by atoms with van der Waals surface area (Å²) in [5.41, 5.74) is 1.45. The van der Waals surface area contributed by atoms with Crippen LogP contribution >= 0.6 is 0 Å². The highest BCUT2D eigenvalue weighted by Crippen LogP contribution is 2.39. The third-order valence-corrected chi connectivity index (χ3v) is 4.19. The first-order chi connectivity index (χ1) is 12.8. The lowest BCUT2D eigenvalue weighted by atomic mass is 10.1. The smallest absolute Gasteiger partial charge is 0.410 e. The molecule has 0 radical (unpaired) electrons. The van der Waals surface area contributed by atoms with Gasteiger partial charge in [0.15, 0.2) is 17.3 Å². The van der Waals surface area contributed by atoms with Crippen LogP contribution in [0.15, 0.2) is 36.4 Å². The van der Waals surface area contributed by atoms with Gasteiger partial charge in [0.1, 0.15) is 12.2 Å². The van der Waals surface area contributed by atoms with E-state index in [4.69, 9.17) is 14.2 Å². The summed E-state index contributed by atoms with van der Waals surface area (Å²) in [6.45, 7) is 6.04. The van der Waals surface area contributed by atoms with E-state index >= 15 is 4.39 Å². The molecule has 144 valence electrons. The topological polar surface area (TPSA) is 48.0 Å². The molecule has 0 aliphatic carbocycles. The summed E-state index contributed by atoms with van der Waals surface area (Å²) in [5.74, 6) is -0.120. The number of methoxy groups -OCH3 is 1. The Bertz CT molecular complexity index is 830. The van der Waals surface area contributed by atoms with Crippen molar-refractivity contribution < 1.29 is 23.4 Å². The molecule has 0 saturated heterocycles. The first-order valence-electron chi connectivity index (χ1n) is 8.81. The van der Waals surface area contributed by atoms with Gasteiger partial charge in [-0.15, -0.1) is 0 Å². The highest BCUT2D eigenvalue weighted by Gasteiger charge is 2.32. The SMILES string of the molecule is COc1cc2c(c(F)c1OCc1ccccc1)CN(C(=O)OC(C)(C)C)C2. The predicted molar refractivity (Wildman–Crippen MR) is 99.2 cm³/mol. The molecular formula is C21H24FNO4. The van der Waals surface area contributed by atoms with Crippen LogP contribution in [0.3, 0.4) is 0 Å². The van der Waals surface area contributed by atoms with Crippen molar-refractivity contribution in [3.8, 4) is 11.5 Å². The van der Waals surface area contributed by atoms with Gasteiger partial charge in [-0.05, 0) is 38.0 Å². The number of nitrogens with zero attached hydrogens (tertiary/aromatic N) is 1. The average Bonchev–Trinajstić information content (AvgIpc) is 3.05. The van der Waals surface area contributed by atoms with Crippen molar-refractivity contribution in [3.63, 3.8) is 0 Å². The number of rotatable bonds is 4. The van der Waals surface area contributed by atoms with Crippen molar-refractivity contribution in [2.45, 2.75) is 46.1 Å². The summed E-state index contributed by atoms with van der Waals surface area (Å²) >= 11 is 0. The number of carbonyl (C=O) groups is 1. The zero-order valence-corrected chi connectivity index (χ0v) is 16.0. The molecule has 0 N–H and O–H groups in total. The second-order valence-electron chi connectivity index (χ2n) is 7.47. The second kappa shape index (κ2) is 7.47. The fraction of sp³-hybridized carbons (Fsp3) is 0.381. The second-order valence-corrected chi connectivity index (χ2v) is 7.47. The van der Waals surface area contributed by atoms with Crippen molar-refractivity contribution in [1.29, 1.82) is 0 Å². The molecule has 2 aromatic carbocycles. The monoisotopic (exact) mass is 373 g/mol. The van der Waals surface area contributed by atoms with E-state index in [1.54, 1.807) is 26.8 Å². The molecule has 0 atom stereocenters.